The van der Waals surface area contributed by atoms with E-state index in [4.69, 9.17) is 17.0 Å². The Morgan fingerprint density at radius 1 is 1.53 bits per heavy atom. The first kappa shape index (κ1) is 13.8. The monoisotopic (exact) mass is 279 g/mol. The van der Waals surface area contributed by atoms with Crippen LogP contribution in [0, 0.1) is 11.7 Å². The van der Waals surface area contributed by atoms with Crippen LogP contribution in [0.3, 0.4) is 0 Å². The molecule has 0 saturated heterocycles. The van der Waals surface area contributed by atoms with Gasteiger partial charge in [0.05, 0.1) is 17.6 Å². The zero-order chi connectivity index (χ0) is 13.8. The fourth-order valence-electron chi connectivity index (χ4n) is 1.93. The number of aromatic amines is 1. The maximum Gasteiger partial charge on any atom is 0.240 e. The molecule has 0 aliphatic rings. The van der Waals surface area contributed by atoms with Crippen LogP contribution in [0.15, 0.2) is 18.2 Å². The van der Waals surface area contributed by atoms with Crippen molar-refractivity contribution in [3.05, 3.63) is 28.5 Å². The highest BCUT2D eigenvalue weighted by Crippen LogP contribution is 2.15. The van der Waals surface area contributed by atoms with E-state index in [1.165, 1.54) is 0 Å². The first-order valence-corrected chi connectivity index (χ1v) is 6.47. The fraction of sp³-hybridized carbons (Fsp3) is 0.385. The van der Waals surface area contributed by atoms with E-state index in [0.717, 1.165) is 16.6 Å². The van der Waals surface area contributed by atoms with Gasteiger partial charge >= 0.3 is 0 Å². The minimum Gasteiger partial charge on any atom is -0.383 e. The summed E-state index contributed by atoms with van der Waals surface area (Å²) < 4.78 is 7.24. The Kier molecular flexibility index (Phi) is 4.34. The van der Waals surface area contributed by atoms with Gasteiger partial charge in [-0.1, -0.05) is 6.07 Å². The molecule has 0 saturated carbocycles. The molecule has 2 N–H and O–H groups in total. The molecular weight excluding hydrogens is 262 g/mol. The van der Waals surface area contributed by atoms with Crippen molar-refractivity contribution in [1.82, 2.24) is 14.9 Å². The minimum atomic E-state index is -0.0744. The van der Waals surface area contributed by atoms with Gasteiger partial charge in [0.15, 0.2) is 4.77 Å². The Morgan fingerprint density at radius 3 is 3.05 bits per heavy atom. The molecule has 1 aromatic carbocycles. The van der Waals surface area contributed by atoms with Gasteiger partial charge in [-0.3, -0.25) is 4.79 Å². The van der Waals surface area contributed by atoms with E-state index < -0.39 is 0 Å². The SMILES string of the molecule is COCCNC(=O)Cn1c(=S)[nH]c2cc(C)ccc21. The van der Waals surface area contributed by atoms with Crippen LogP contribution < -0.4 is 5.32 Å². The average Bonchev–Trinajstić information content (AvgIpc) is 2.65. The number of amides is 1. The third-order valence-corrected chi connectivity index (χ3v) is 3.18. The zero-order valence-electron chi connectivity index (χ0n) is 11.0. The van der Waals surface area contributed by atoms with Crippen molar-refractivity contribution in [2.75, 3.05) is 20.3 Å². The van der Waals surface area contributed by atoms with Gasteiger partial charge in [0.2, 0.25) is 5.91 Å². The largest absolute Gasteiger partial charge is 0.383 e. The number of aryl methyl sites for hydroxylation is 1. The van der Waals surface area contributed by atoms with Crippen LogP contribution in [-0.2, 0) is 16.1 Å². The molecular formula is C13H17N3O2S. The number of rotatable bonds is 5. The molecule has 0 aliphatic heterocycles. The molecule has 0 aliphatic carbocycles. The van der Waals surface area contributed by atoms with Crippen molar-refractivity contribution in [2.45, 2.75) is 13.5 Å². The molecule has 102 valence electrons. The van der Waals surface area contributed by atoms with Crippen LogP contribution in [-0.4, -0.2) is 35.7 Å². The molecule has 0 atom stereocenters. The number of ether oxygens (including phenoxy) is 1. The Balaban J connectivity index is 2.18. The third kappa shape index (κ3) is 3.21. The molecule has 0 radical (unpaired) electrons. The first-order valence-electron chi connectivity index (χ1n) is 6.06. The number of benzene rings is 1. The van der Waals surface area contributed by atoms with E-state index in [1.807, 2.05) is 25.1 Å². The van der Waals surface area contributed by atoms with Crippen molar-refractivity contribution < 1.29 is 9.53 Å². The van der Waals surface area contributed by atoms with Gasteiger partial charge in [-0.2, -0.15) is 0 Å². The molecule has 0 bridgehead atoms. The number of nitrogens with one attached hydrogen (secondary N) is 2. The summed E-state index contributed by atoms with van der Waals surface area (Å²) in [6.45, 7) is 3.24. The Hall–Kier alpha value is -1.66. The quantitative estimate of drug-likeness (QED) is 0.648. The molecule has 1 heterocycles. The number of hydrogen-bond acceptors (Lipinski definition) is 3. The zero-order valence-corrected chi connectivity index (χ0v) is 11.8. The number of carbonyl (C=O) groups is 1. The van der Waals surface area contributed by atoms with E-state index in [0.29, 0.717) is 17.9 Å². The van der Waals surface area contributed by atoms with Crippen molar-refractivity contribution >= 4 is 29.2 Å². The van der Waals surface area contributed by atoms with Gasteiger partial charge in [0.25, 0.3) is 0 Å². The first-order chi connectivity index (χ1) is 9.11. The summed E-state index contributed by atoms with van der Waals surface area (Å²) >= 11 is 5.25. The maximum atomic E-state index is 11.8. The molecule has 0 fully saturated rings. The maximum absolute atomic E-state index is 11.8. The Morgan fingerprint density at radius 2 is 2.32 bits per heavy atom. The lowest BCUT2D eigenvalue weighted by atomic mass is 10.2. The molecule has 19 heavy (non-hydrogen) atoms. The molecule has 0 unspecified atom stereocenters. The van der Waals surface area contributed by atoms with E-state index in [2.05, 4.69) is 10.3 Å². The smallest absolute Gasteiger partial charge is 0.240 e. The van der Waals surface area contributed by atoms with Gasteiger partial charge < -0.3 is 19.6 Å². The van der Waals surface area contributed by atoms with Crippen molar-refractivity contribution in [3.8, 4) is 0 Å². The summed E-state index contributed by atoms with van der Waals surface area (Å²) in [6, 6.07) is 5.99. The number of nitrogens with zero attached hydrogens (tertiary/aromatic N) is 1. The lowest BCUT2D eigenvalue weighted by Gasteiger charge is -2.06. The summed E-state index contributed by atoms with van der Waals surface area (Å²) in [5.41, 5.74) is 3.05. The molecule has 0 spiro atoms. The molecule has 1 aromatic heterocycles. The number of hydrogen-bond donors (Lipinski definition) is 2. The van der Waals surface area contributed by atoms with Crippen LogP contribution in [0.25, 0.3) is 11.0 Å². The second kappa shape index (κ2) is 5.99. The third-order valence-electron chi connectivity index (χ3n) is 2.86. The van der Waals surface area contributed by atoms with Crippen molar-refractivity contribution in [3.63, 3.8) is 0 Å². The summed E-state index contributed by atoms with van der Waals surface area (Å²) in [4.78, 5) is 14.9. The van der Waals surface area contributed by atoms with Crippen molar-refractivity contribution in [2.24, 2.45) is 0 Å². The summed E-state index contributed by atoms with van der Waals surface area (Å²) in [7, 11) is 1.60. The topological polar surface area (TPSA) is 59.0 Å². The predicted octanol–water partition coefficient (Wildman–Crippen LogP) is 1.77. The summed E-state index contributed by atoms with van der Waals surface area (Å²) in [5, 5.41) is 2.78. The second-order valence-electron chi connectivity index (χ2n) is 4.38. The summed E-state index contributed by atoms with van der Waals surface area (Å²) in [5.74, 6) is -0.0744. The normalized spacial score (nSPS) is 10.8. The average molecular weight is 279 g/mol. The van der Waals surface area contributed by atoms with Crippen LogP contribution in [0.5, 0.6) is 0 Å². The highest BCUT2D eigenvalue weighted by Gasteiger charge is 2.08. The van der Waals surface area contributed by atoms with E-state index in [1.54, 1.807) is 11.7 Å². The van der Waals surface area contributed by atoms with Crippen LogP contribution >= 0.6 is 12.2 Å². The fourth-order valence-corrected chi connectivity index (χ4v) is 2.20. The van der Waals surface area contributed by atoms with Gasteiger partial charge in [-0.25, -0.2) is 0 Å². The van der Waals surface area contributed by atoms with Crippen LogP contribution in [0.1, 0.15) is 5.56 Å². The highest BCUT2D eigenvalue weighted by atomic mass is 32.1. The number of H-pyrrole nitrogens is 1. The molecule has 2 rings (SSSR count). The van der Waals surface area contributed by atoms with E-state index in [9.17, 15) is 4.79 Å². The second-order valence-corrected chi connectivity index (χ2v) is 4.77. The number of fused-ring (bicyclic) bond motifs is 1. The molecule has 5 nitrogen and oxygen atoms in total. The highest BCUT2D eigenvalue weighted by molar-refractivity contribution is 7.71. The number of aromatic nitrogens is 2. The van der Waals surface area contributed by atoms with Crippen LogP contribution in [0.4, 0.5) is 0 Å². The van der Waals surface area contributed by atoms with Gasteiger partial charge in [-0.15, -0.1) is 0 Å². The Bertz CT molecular complexity index is 645. The standard InChI is InChI=1S/C13H17N3O2S/c1-9-3-4-11-10(7-9)15-13(19)16(11)8-12(17)14-5-6-18-2/h3-4,7H,5-6,8H2,1-2H3,(H,14,17)(H,15,19). The van der Waals surface area contributed by atoms with Crippen molar-refractivity contribution in [1.29, 1.82) is 0 Å². The number of imidazole rings is 1. The summed E-state index contributed by atoms with van der Waals surface area (Å²) in [6.07, 6.45) is 0. The van der Waals surface area contributed by atoms with Gasteiger partial charge in [0.1, 0.15) is 6.54 Å². The van der Waals surface area contributed by atoms with Crippen LogP contribution in [0.2, 0.25) is 0 Å². The lowest BCUT2D eigenvalue weighted by Crippen LogP contribution is -2.30. The predicted molar refractivity (Wildman–Crippen MR) is 76.7 cm³/mol. The Labute approximate surface area is 116 Å². The van der Waals surface area contributed by atoms with E-state index >= 15 is 0 Å². The lowest BCUT2D eigenvalue weighted by molar-refractivity contribution is -0.121. The molecule has 6 heteroatoms. The number of carbonyl (C=O) groups excluding carboxylic acids is 1. The van der Waals surface area contributed by atoms with Gasteiger partial charge in [-0.05, 0) is 36.8 Å². The number of methoxy groups -OCH3 is 1. The minimum absolute atomic E-state index is 0.0744. The molecule has 1 amide bonds. The van der Waals surface area contributed by atoms with E-state index in [-0.39, 0.29) is 12.5 Å². The van der Waals surface area contributed by atoms with Gasteiger partial charge in [0, 0.05) is 13.7 Å². The molecule has 2 aromatic rings.